The van der Waals surface area contributed by atoms with Crippen molar-refractivity contribution in [1.29, 1.82) is 0 Å². The average molecular weight is 585 g/mol. The predicted octanol–water partition coefficient (Wildman–Crippen LogP) is -1.07. The van der Waals surface area contributed by atoms with Crippen molar-refractivity contribution in [3.05, 3.63) is 0 Å². The Bertz CT molecular complexity index is 642. The van der Waals surface area contributed by atoms with E-state index in [1.54, 1.807) is 0 Å². The molecule has 11 atom stereocenters. The van der Waals surface area contributed by atoms with Gasteiger partial charge in [-0.1, -0.05) is 64.7 Å². The molecular weight excluding hydrogens is 532 g/mol. The van der Waals surface area contributed by atoms with E-state index in [-0.39, 0.29) is 13.2 Å². The minimum Gasteiger partial charge on any atom is -0.394 e. The van der Waals surface area contributed by atoms with Crippen LogP contribution in [0.1, 0.15) is 71.1 Å². The maximum atomic E-state index is 10.2. The van der Waals surface area contributed by atoms with Crippen molar-refractivity contribution in [3.63, 3.8) is 0 Å². The second-order valence-corrected chi connectivity index (χ2v) is 10.7. The largest absolute Gasteiger partial charge is 0.394 e. The van der Waals surface area contributed by atoms with Gasteiger partial charge in [-0.05, 0) is 6.42 Å². The molecule has 0 aliphatic carbocycles. The number of aliphatic hydroxyl groups is 8. The van der Waals surface area contributed by atoms with Crippen molar-refractivity contribution in [2.24, 2.45) is 0 Å². The van der Waals surface area contributed by atoms with Crippen LogP contribution in [-0.2, 0) is 23.7 Å². The zero-order valence-corrected chi connectivity index (χ0v) is 23.6. The first-order valence-corrected chi connectivity index (χ1v) is 14.7. The molecule has 0 spiro atoms. The fourth-order valence-corrected chi connectivity index (χ4v) is 4.82. The Morgan fingerprint density at radius 1 is 0.650 bits per heavy atom. The minimum atomic E-state index is -1.59. The average Bonchev–Trinajstić information content (AvgIpc) is 3.24. The van der Waals surface area contributed by atoms with Crippen LogP contribution >= 0.6 is 0 Å². The van der Waals surface area contributed by atoms with Gasteiger partial charge in [0, 0.05) is 6.61 Å². The van der Waals surface area contributed by atoms with Crippen LogP contribution in [0.3, 0.4) is 0 Å². The smallest absolute Gasteiger partial charge is 0.186 e. The Morgan fingerprint density at radius 2 is 1.18 bits per heavy atom. The molecule has 2 fully saturated rings. The van der Waals surface area contributed by atoms with Gasteiger partial charge in [-0.2, -0.15) is 0 Å². The molecule has 2 aliphatic rings. The second-order valence-electron chi connectivity index (χ2n) is 10.7. The number of rotatable bonds is 21. The highest BCUT2D eigenvalue weighted by Crippen LogP contribution is 2.26. The first-order chi connectivity index (χ1) is 19.2. The Morgan fingerprint density at radius 3 is 1.73 bits per heavy atom. The number of unbranched alkanes of at least 4 members (excludes halogenated alkanes) is 9. The molecule has 13 heteroatoms. The monoisotopic (exact) mass is 584 g/mol. The van der Waals surface area contributed by atoms with Crippen LogP contribution in [0.2, 0.25) is 0 Å². The van der Waals surface area contributed by atoms with Crippen molar-refractivity contribution in [3.8, 4) is 0 Å². The lowest BCUT2D eigenvalue weighted by Gasteiger charge is -2.40. The highest BCUT2D eigenvalue weighted by Gasteiger charge is 2.47. The Hall–Kier alpha value is -0.520. The molecule has 2 aliphatic heterocycles. The lowest BCUT2D eigenvalue weighted by Crippen LogP contribution is -2.59. The number of ether oxygens (including phenoxy) is 5. The van der Waals surface area contributed by atoms with E-state index >= 15 is 0 Å². The van der Waals surface area contributed by atoms with Gasteiger partial charge in [-0.15, -0.1) is 0 Å². The number of hydrogen-bond acceptors (Lipinski definition) is 13. The van der Waals surface area contributed by atoms with E-state index in [1.165, 1.54) is 44.9 Å². The molecular formula is C27H52O13. The van der Waals surface area contributed by atoms with Crippen LogP contribution in [0, 0.1) is 0 Å². The van der Waals surface area contributed by atoms with Crippen molar-refractivity contribution >= 4 is 0 Å². The molecule has 1 unspecified atom stereocenters. The summed E-state index contributed by atoms with van der Waals surface area (Å²) in [5.74, 6) is 0. The van der Waals surface area contributed by atoms with Crippen LogP contribution in [0.15, 0.2) is 0 Å². The van der Waals surface area contributed by atoms with Crippen LogP contribution in [0.5, 0.6) is 0 Å². The molecule has 2 rings (SSSR count). The first kappa shape index (κ1) is 35.7. The molecule has 8 N–H and O–H groups in total. The standard InChI is InChI=1S/C27H52O13/c1-2-3-4-5-6-7-8-9-10-11-12-36-17(15-37-26-23(34)21(32)20(31)19(14-29)39-26)16-38-27-24(35)22(33)25(40-27)18(30)13-28/h17-35H,2-16H2,1H3/t17?,18-,19-,20-,21+,22-,23-,24+,25-,26-,27-/m1/s1. The molecule has 0 aromatic heterocycles. The summed E-state index contributed by atoms with van der Waals surface area (Å²) in [6.07, 6.45) is -3.15. The Labute approximate surface area is 236 Å². The topological polar surface area (TPSA) is 208 Å². The minimum absolute atomic E-state index is 0.161. The van der Waals surface area contributed by atoms with Gasteiger partial charge in [0.15, 0.2) is 12.6 Å². The van der Waals surface area contributed by atoms with E-state index in [2.05, 4.69) is 6.92 Å². The highest BCUT2D eigenvalue weighted by atomic mass is 16.7. The van der Waals surface area contributed by atoms with Crippen molar-refractivity contribution < 1.29 is 64.5 Å². The molecule has 238 valence electrons. The van der Waals surface area contributed by atoms with E-state index in [4.69, 9.17) is 28.8 Å². The van der Waals surface area contributed by atoms with E-state index in [1.807, 2.05) is 0 Å². The summed E-state index contributed by atoms with van der Waals surface area (Å²) >= 11 is 0. The van der Waals surface area contributed by atoms with Crippen LogP contribution < -0.4 is 0 Å². The molecule has 2 saturated heterocycles. The summed E-state index contributed by atoms with van der Waals surface area (Å²) in [7, 11) is 0. The summed E-state index contributed by atoms with van der Waals surface area (Å²) in [6, 6.07) is 0. The third-order valence-electron chi connectivity index (χ3n) is 7.42. The van der Waals surface area contributed by atoms with E-state index < -0.39 is 80.7 Å². The SMILES string of the molecule is CCCCCCCCCCCCOC(CO[C@@H]1O[C@H]([C@H](O)CO)[C@H](O)[C@@H]1O)CO[C@@H]1O[C@H](CO)[C@@H](O)[C@H](O)[C@H]1O. The maximum absolute atomic E-state index is 10.2. The summed E-state index contributed by atoms with van der Waals surface area (Å²) in [6.45, 7) is 0.993. The summed E-state index contributed by atoms with van der Waals surface area (Å²) < 4.78 is 27.9. The molecule has 0 radical (unpaired) electrons. The van der Waals surface area contributed by atoms with Crippen LogP contribution in [0.25, 0.3) is 0 Å². The Balaban J connectivity index is 1.83. The van der Waals surface area contributed by atoms with E-state index in [0.29, 0.717) is 6.61 Å². The zero-order valence-electron chi connectivity index (χ0n) is 23.6. The van der Waals surface area contributed by atoms with Gasteiger partial charge in [0.25, 0.3) is 0 Å². The van der Waals surface area contributed by atoms with Gasteiger partial charge in [-0.3, -0.25) is 0 Å². The quantitative estimate of drug-likeness (QED) is 0.0757. The maximum Gasteiger partial charge on any atom is 0.186 e. The fraction of sp³-hybridized carbons (Fsp3) is 1.00. The lowest BCUT2D eigenvalue weighted by atomic mass is 9.99. The molecule has 40 heavy (non-hydrogen) atoms. The number of aliphatic hydroxyl groups excluding tert-OH is 8. The summed E-state index contributed by atoms with van der Waals surface area (Å²) in [4.78, 5) is 0. The molecule has 0 bridgehead atoms. The van der Waals surface area contributed by atoms with Gasteiger partial charge < -0.3 is 64.5 Å². The van der Waals surface area contributed by atoms with Gasteiger partial charge >= 0.3 is 0 Å². The van der Waals surface area contributed by atoms with Crippen molar-refractivity contribution in [2.75, 3.05) is 33.0 Å². The van der Waals surface area contributed by atoms with Gasteiger partial charge in [0.1, 0.15) is 54.9 Å². The molecule has 0 aromatic carbocycles. The molecule has 0 saturated carbocycles. The van der Waals surface area contributed by atoms with Gasteiger partial charge in [0.05, 0.1) is 26.4 Å². The van der Waals surface area contributed by atoms with E-state index in [9.17, 15) is 35.7 Å². The molecule has 0 amide bonds. The van der Waals surface area contributed by atoms with E-state index in [0.717, 1.165) is 19.3 Å². The molecule has 2 heterocycles. The zero-order chi connectivity index (χ0) is 29.5. The van der Waals surface area contributed by atoms with Crippen molar-refractivity contribution in [2.45, 2.75) is 139 Å². The summed E-state index contributed by atoms with van der Waals surface area (Å²) in [5.41, 5.74) is 0. The first-order valence-electron chi connectivity index (χ1n) is 14.7. The van der Waals surface area contributed by atoms with Crippen LogP contribution in [0.4, 0.5) is 0 Å². The fourth-order valence-electron chi connectivity index (χ4n) is 4.82. The van der Waals surface area contributed by atoms with Crippen molar-refractivity contribution in [1.82, 2.24) is 0 Å². The third-order valence-corrected chi connectivity index (χ3v) is 7.42. The van der Waals surface area contributed by atoms with Gasteiger partial charge in [-0.25, -0.2) is 0 Å². The highest BCUT2D eigenvalue weighted by molar-refractivity contribution is 4.91. The number of hydrogen-bond donors (Lipinski definition) is 8. The molecule has 13 nitrogen and oxygen atoms in total. The second kappa shape index (κ2) is 19.6. The predicted molar refractivity (Wildman–Crippen MR) is 141 cm³/mol. The van der Waals surface area contributed by atoms with Crippen LogP contribution in [-0.4, -0.2) is 141 Å². The third kappa shape index (κ3) is 11.3. The molecule has 0 aromatic rings. The Kier molecular flexibility index (Phi) is 17.5. The van der Waals surface area contributed by atoms with Gasteiger partial charge in [0.2, 0.25) is 0 Å². The summed E-state index contributed by atoms with van der Waals surface area (Å²) in [5, 5.41) is 78.9. The lowest BCUT2D eigenvalue weighted by molar-refractivity contribution is -0.307. The normalized spacial score (nSPS) is 34.3.